The van der Waals surface area contributed by atoms with Crippen molar-refractivity contribution in [3.05, 3.63) is 112 Å². The number of ether oxygens (including phenoxy) is 3. The van der Waals surface area contributed by atoms with Crippen molar-refractivity contribution < 1.29 is 28.2 Å². The zero-order valence-electron chi connectivity index (χ0n) is 20.9. The molecule has 1 aliphatic rings. The highest BCUT2D eigenvalue weighted by atomic mass is 16.5. The van der Waals surface area contributed by atoms with Gasteiger partial charge in [-0.25, -0.2) is 4.79 Å². The summed E-state index contributed by atoms with van der Waals surface area (Å²) in [5.41, 5.74) is 1.71. The van der Waals surface area contributed by atoms with Crippen LogP contribution in [0.15, 0.2) is 88.6 Å². The lowest BCUT2D eigenvalue weighted by molar-refractivity contribution is 0.0526. The number of fused-ring (bicyclic) bond motifs is 2. The Balaban J connectivity index is 1.69. The van der Waals surface area contributed by atoms with Crippen LogP contribution < -0.4 is 19.8 Å². The number of amides is 1. The Morgan fingerprint density at radius 1 is 1.05 bits per heavy atom. The van der Waals surface area contributed by atoms with E-state index >= 15 is 0 Å². The Bertz CT molecular complexity index is 1600. The van der Waals surface area contributed by atoms with E-state index in [9.17, 15) is 14.4 Å². The number of rotatable bonds is 8. The van der Waals surface area contributed by atoms with Crippen molar-refractivity contribution in [2.24, 2.45) is 0 Å². The fourth-order valence-corrected chi connectivity index (χ4v) is 4.60. The standard InChI is InChI=1S/C30H25NO7/c1-4-16-37-23-15-12-19(17-24(23)35-3)26-25-27(32)21-8-6-7-9-22(21)38-28(25)29(33)31(26)20-13-10-18(11-14-20)30(34)36-5-2/h4,6-15,17,26H,1,5,16H2,2-3H3. The predicted molar refractivity (Wildman–Crippen MR) is 142 cm³/mol. The SMILES string of the molecule is C=CCOc1ccc(C2c3c(oc4ccccc4c3=O)C(=O)N2c2ccc(C(=O)OCC)cc2)cc1OC. The first-order valence-corrected chi connectivity index (χ1v) is 12.1. The number of anilines is 1. The molecular formula is C30H25NO7. The molecule has 0 radical (unpaired) electrons. The molecule has 0 saturated heterocycles. The number of carbonyl (C=O) groups is 2. The van der Waals surface area contributed by atoms with Crippen LogP contribution in [0.4, 0.5) is 5.69 Å². The molecule has 1 aromatic heterocycles. The van der Waals surface area contributed by atoms with Crippen LogP contribution in [0.25, 0.3) is 11.0 Å². The molecule has 1 aliphatic heterocycles. The lowest BCUT2D eigenvalue weighted by Gasteiger charge is -2.26. The van der Waals surface area contributed by atoms with E-state index in [1.165, 1.54) is 12.0 Å². The van der Waals surface area contributed by atoms with Gasteiger partial charge < -0.3 is 18.6 Å². The molecule has 0 N–H and O–H groups in total. The highest BCUT2D eigenvalue weighted by Crippen LogP contribution is 2.43. The lowest BCUT2D eigenvalue weighted by atomic mass is 9.97. The summed E-state index contributed by atoms with van der Waals surface area (Å²) in [6.07, 6.45) is 1.62. The Morgan fingerprint density at radius 3 is 2.53 bits per heavy atom. The Kier molecular flexibility index (Phi) is 6.70. The van der Waals surface area contributed by atoms with Crippen LogP contribution in [0.5, 0.6) is 11.5 Å². The third-order valence-electron chi connectivity index (χ3n) is 6.29. The summed E-state index contributed by atoms with van der Waals surface area (Å²) in [5.74, 6) is -0.0268. The fourth-order valence-electron chi connectivity index (χ4n) is 4.60. The quantitative estimate of drug-likeness (QED) is 0.234. The minimum atomic E-state index is -0.811. The molecule has 0 spiro atoms. The van der Waals surface area contributed by atoms with E-state index in [1.807, 2.05) is 0 Å². The van der Waals surface area contributed by atoms with Gasteiger partial charge in [0.1, 0.15) is 12.2 Å². The van der Waals surface area contributed by atoms with E-state index in [0.717, 1.165) is 0 Å². The van der Waals surface area contributed by atoms with Gasteiger partial charge in [0.15, 0.2) is 16.9 Å². The largest absolute Gasteiger partial charge is 0.493 e. The van der Waals surface area contributed by atoms with Crippen LogP contribution in [0, 0.1) is 0 Å². The molecule has 0 bridgehead atoms. The van der Waals surface area contributed by atoms with Crippen molar-refractivity contribution in [3.8, 4) is 11.5 Å². The number of esters is 1. The van der Waals surface area contributed by atoms with Crippen LogP contribution in [0.3, 0.4) is 0 Å². The van der Waals surface area contributed by atoms with Crippen molar-refractivity contribution in [1.29, 1.82) is 0 Å². The number of hydrogen-bond donors (Lipinski definition) is 0. The molecule has 38 heavy (non-hydrogen) atoms. The van der Waals surface area contributed by atoms with Crippen molar-refractivity contribution in [1.82, 2.24) is 0 Å². The second-order valence-electron chi connectivity index (χ2n) is 8.53. The third-order valence-corrected chi connectivity index (χ3v) is 6.29. The van der Waals surface area contributed by atoms with Crippen LogP contribution >= 0.6 is 0 Å². The summed E-state index contributed by atoms with van der Waals surface area (Å²) in [7, 11) is 1.52. The minimum Gasteiger partial charge on any atom is -0.493 e. The third kappa shape index (κ3) is 4.20. The molecule has 1 unspecified atom stereocenters. The van der Waals surface area contributed by atoms with E-state index < -0.39 is 17.9 Å². The number of benzene rings is 3. The summed E-state index contributed by atoms with van der Waals surface area (Å²) in [4.78, 5) is 41.2. The van der Waals surface area contributed by atoms with Crippen LogP contribution in [-0.2, 0) is 4.74 Å². The first-order chi connectivity index (χ1) is 18.5. The first kappa shape index (κ1) is 24.8. The zero-order valence-corrected chi connectivity index (χ0v) is 20.9. The Morgan fingerprint density at radius 2 is 1.82 bits per heavy atom. The van der Waals surface area contributed by atoms with Crippen molar-refractivity contribution in [3.63, 3.8) is 0 Å². The van der Waals surface area contributed by atoms with Crippen LogP contribution in [0.2, 0.25) is 0 Å². The number of methoxy groups -OCH3 is 1. The highest BCUT2D eigenvalue weighted by Gasteiger charge is 2.44. The smallest absolute Gasteiger partial charge is 0.338 e. The van der Waals surface area contributed by atoms with E-state index in [-0.39, 0.29) is 30.0 Å². The van der Waals surface area contributed by atoms with Crippen LogP contribution in [0.1, 0.15) is 45.0 Å². The Labute approximate surface area is 218 Å². The van der Waals surface area contributed by atoms with E-state index in [4.69, 9.17) is 18.6 Å². The van der Waals surface area contributed by atoms with Crippen LogP contribution in [-0.4, -0.2) is 32.2 Å². The molecule has 0 fully saturated rings. The molecule has 5 rings (SSSR count). The lowest BCUT2D eigenvalue weighted by Crippen LogP contribution is -2.29. The van der Waals surface area contributed by atoms with Gasteiger partial charge in [0, 0.05) is 5.69 Å². The second-order valence-corrected chi connectivity index (χ2v) is 8.53. The van der Waals surface area contributed by atoms with Gasteiger partial charge >= 0.3 is 5.97 Å². The molecule has 3 aromatic carbocycles. The molecule has 0 aliphatic carbocycles. The summed E-state index contributed by atoms with van der Waals surface area (Å²) >= 11 is 0. The fraction of sp³-hybridized carbons (Fsp3) is 0.167. The van der Waals surface area contributed by atoms with Crippen molar-refractivity contribution >= 4 is 28.5 Å². The molecule has 8 heteroatoms. The molecule has 0 saturated carbocycles. The predicted octanol–water partition coefficient (Wildman–Crippen LogP) is 5.29. The van der Waals surface area contributed by atoms with Gasteiger partial charge in [-0.3, -0.25) is 14.5 Å². The molecule has 1 atom stereocenters. The summed E-state index contributed by atoms with van der Waals surface area (Å²) in [5, 5.41) is 0.376. The van der Waals surface area contributed by atoms with Gasteiger partial charge in [0.05, 0.1) is 36.3 Å². The number of carbonyl (C=O) groups excluding carboxylic acids is 2. The molecular weight excluding hydrogens is 486 g/mol. The number of hydrogen-bond acceptors (Lipinski definition) is 7. The van der Waals surface area contributed by atoms with Gasteiger partial charge in [0.25, 0.3) is 5.91 Å². The minimum absolute atomic E-state index is 0.0286. The number of para-hydroxylation sites is 1. The zero-order chi connectivity index (χ0) is 26.8. The monoisotopic (exact) mass is 511 g/mol. The van der Waals surface area contributed by atoms with Gasteiger partial charge in [0.2, 0.25) is 5.76 Å². The summed E-state index contributed by atoms with van der Waals surface area (Å²) in [6, 6.07) is 17.7. The molecule has 4 aromatic rings. The van der Waals surface area contributed by atoms with E-state index in [2.05, 4.69) is 6.58 Å². The Hall–Kier alpha value is -4.85. The molecule has 192 valence electrons. The first-order valence-electron chi connectivity index (χ1n) is 12.1. The van der Waals surface area contributed by atoms with Gasteiger partial charge in [-0.15, -0.1) is 0 Å². The average molecular weight is 512 g/mol. The van der Waals surface area contributed by atoms with E-state index in [1.54, 1.807) is 79.7 Å². The molecule has 1 amide bonds. The highest BCUT2D eigenvalue weighted by molar-refractivity contribution is 6.10. The van der Waals surface area contributed by atoms with Gasteiger partial charge in [-0.1, -0.05) is 30.9 Å². The topological polar surface area (TPSA) is 95.3 Å². The summed E-state index contributed by atoms with van der Waals surface area (Å²) in [6.45, 7) is 5.93. The maximum atomic E-state index is 13.8. The van der Waals surface area contributed by atoms with E-state index in [0.29, 0.717) is 39.3 Å². The average Bonchev–Trinajstić information content (AvgIpc) is 3.24. The van der Waals surface area contributed by atoms with Gasteiger partial charge in [-0.2, -0.15) is 0 Å². The molecule has 2 heterocycles. The number of nitrogens with zero attached hydrogens (tertiary/aromatic N) is 1. The normalized spacial score (nSPS) is 14.3. The second kappa shape index (κ2) is 10.3. The maximum absolute atomic E-state index is 13.8. The summed E-state index contributed by atoms with van der Waals surface area (Å²) < 4.78 is 22.3. The molecule has 8 nitrogen and oxygen atoms in total. The van der Waals surface area contributed by atoms with Crippen molar-refractivity contribution in [2.45, 2.75) is 13.0 Å². The van der Waals surface area contributed by atoms with Gasteiger partial charge in [-0.05, 0) is 61.0 Å². The van der Waals surface area contributed by atoms with Crippen molar-refractivity contribution in [2.75, 3.05) is 25.2 Å². The maximum Gasteiger partial charge on any atom is 0.338 e.